The van der Waals surface area contributed by atoms with E-state index in [1.807, 2.05) is 42.2 Å². The van der Waals surface area contributed by atoms with Crippen molar-refractivity contribution in [3.05, 3.63) is 64.4 Å². The highest BCUT2D eigenvalue weighted by Crippen LogP contribution is 2.26. The molecule has 1 heterocycles. The lowest BCUT2D eigenvalue weighted by Crippen LogP contribution is -2.49. The fourth-order valence-corrected chi connectivity index (χ4v) is 3.31. The normalized spacial score (nSPS) is 15.7. The molecule has 2 aromatic carbocycles. The molecule has 4 nitrogen and oxygen atoms in total. The minimum Gasteiger partial charge on any atom is -0.409 e. The average Bonchev–Trinajstić information content (AvgIpc) is 2.59. The van der Waals surface area contributed by atoms with Gasteiger partial charge in [0.2, 0.25) is 0 Å². The highest BCUT2D eigenvalue weighted by Gasteiger charge is 2.25. The van der Waals surface area contributed by atoms with E-state index in [4.69, 9.17) is 11.6 Å². The van der Waals surface area contributed by atoms with Crippen LogP contribution in [-0.4, -0.2) is 42.1 Å². The van der Waals surface area contributed by atoms with Crippen molar-refractivity contribution in [3.63, 3.8) is 0 Å². The molecule has 0 bridgehead atoms. The Morgan fingerprint density at radius 1 is 1.08 bits per heavy atom. The minimum absolute atomic E-state index is 0.282. The van der Waals surface area contributed by atoms with Gasteiger partial charge in [0.1, 0.15) is 5.82 Å². The maximum atomic E-state index is 14.2. The summed E-state index contributed by atoms with van der Waals surface area (Å²) in [5, 5.41) is 13.5. The number of para-hydroxylation sites is 1. The molecular formula is C18H19ClFN3O. The summed E-state index contributed by atoms with van der Waals surface area (Å²) < 4.78 is 14.2. The van der Waals surface area contributed by atoms with E-state index in [2.05, 4.69) is 10.1 Å². The second kappa shape index (κ2) is 7.09. The third-order valence-electron chi connectivity index (χ3n) is 4.31. The van der Waals surface area contributed by atoms with Crippen LogP contribution in [0.15, 0.2) is 47.6 Å². The molecule has 0 aliphatic carbocycles. The van der Waals surface area contributed by atoms with E-state index in [9.17, 15) is 9.60 Å². The first-order valence-corrected chi connectivity index (χ1v) is 8.21. The van der Waals surface area contributed by atoms with Crippen molar-refractivity contribution in [2.24, 2.45) is 5.16 Å². The first kappa shape index (κ1) is 16.6. The van der Waals surface area contributed by atoms with Crippen LogP contribution in [0.3, 0.4) is 0 Å². The van der Waals surface area contributed by atoms with Crippen LogP contribution in [0.4, 0.5) is 10.1 Å². The molecule has 1 fully saturated rings. The molecule has 1 saturated heterocycles. The highest BCUT2D eigenvalue weighted by molar-refractivity contribution is 6.33. The smallest absolute Gasteiger partial charge is 0.178 e. The Morgan fingerprint density at radius 3 is 2.42 bits per heavy atom. The molecule has 1 aliphatic rings. The molecule has 2 aromatic rings. The van der Waals surface area contributed by atoms with Crippen molar-refractivity contribution < 1.29 is 9.60 Å². The first-order chi connectivity index (χ1) is 11.6. The number of hydrogen-bond acceptors (Lipinski definition) is 3. The summed E-state index contributed by atoms with van der Waals surface area (Å²) in [4.78, 5) is 4.08. The van der Waals surface area contributed by atoms with Crippen molar-refractivity contribution in [2.45, 2.75) is 6.92 Å². The number of nitrogens with zero attached hydrogens (tertiary/aromatic N) is 3. The number of hydrogen-bond donors (Lipinski definition) is 1. The van der Waals surface area contributed by atoms with E-state index in [1.165, 1.54) is 6.07 Å². The van der Waals surface area contributed by atoms with Crippen LogP contribution >= 0.6 is 11.6 Å². The third kappa shape index (κ3) is 3.17. The summed E-state index contributed by atoms with van der Waals surface area (Å²) in [6.45, 7) is 4.49. The van der Waals surface area contributed by atoms with Crippen LogP contribution in [0.1, 0.15) is 11.1 Å². The molecule has 0 spiro atoms. The van der Waals surface area contributed by atoms with E-state index >= 15 is 0 Å². The van der Waals surface area contributed by atoms with Gasteiger partial charge < -0.3 is 15.0 Å². The largest absolute Gasteiger partial charge is 0.409 e. The zero-order valence-electron chi connectivity index (χ0n) is 13.4. The number of anilines is 1. The number of halogens is 2. The average molecular weight is 348 g/mol. The van der Waals surface area contributed by atoms with Crippen molar-refractivity contribution in [3.8, 4) is 0 Å². The van der Waals surface area contributed by atoms with Gasteiger partial charge in [0.05, 0.1) is 16.3 Å². The van der Waals surface area contributed by atoms with E-state index in [1.54, 1.807) is 6.07 Å². The second-order valence-electron chi connectivity index (χ2n) is 5.78. The lowest BCUT2D eigenvalue weighted by atomic mass is 10.1. The molecule has 0 aromatic heterocycles. The Morgan fingerprint density at radius 2 is 1.79 bits per heavy atom. The van der Waals surface area contributed by atoms with Gasteiger partial charge in [-0.1, -0.05) is 41.0 Å². The van der Waals surface area contributed by atoms with Crippen LogP contribution < -0.4 is 4.90 Å². The molecule has 3 rings (SSSR count). The molecule has 1 N–H and O–H groups in total. The van der Waals surface area contributed by atoms with Crippen LogP contribution in [0.25, 0.3) is 0 Å². The van der Waals surface area contributed by atoms with Gasteiger partial charge >= 0.3 is 0 Å². The molecule has 0 radical (unpaired) electrons. The Balaban J connectivity index is 1.77. The molecular weight excluding hydrogens is 329 g/mol. The van der Waals surface area contributed by atoms with Crippen molar-refractivity contribution in [1.82, 2.24) is 4.90 Å². The molecule has 1 aliphatic heterocycles. The van der Waals surface area contributed by atoms with Crippen LogP contribution in [0, 0.1) is 12.7 Å². The fourth-order valence-electron chi connectivity index (χ4n) is 3.05. The summed E-state index contributed by atoms with van der Waals surface area (Å²) in [7, 11) is 0. The molecule has 126 valence electrons. The summed E-state index contributed by atoms with van der Waals surface area (Å²) in [6, 6.07) is 12.6. The highest BCUT2D eigenvalue weighted by atomic mass is 35.5. The summed E-state index contributed by atoms with van der Waals surface area (Å²) in [5.74, 6) is -0.0965. The van der Waals surface area contributed by atoms with Gasteiger partial charge in [-0.25, -0.2) is 4.39 Å². The minimum atomic E-state index is -0.378. The summed E-state index contributed by atoms with van der Waals surface area (Å²) >= 11 is 6.25. The van der Waals surface area contributed by atoms with Crippen molar-refractivity contribution >= 4 is 23.1 Å². The Bertz CT molecular complexity index is 737. The molecule has 6 heteroatoms. The molecule has 0 unspecified atom stereocenters. The number of amidine groups is 1. The number of piperazine rings is 1. The standard InChI is InChI=1S/C18H19ClFN3O/c1-13-5-4-7-15(20)17(13)18(21-24)23-11-9-22(10-12-23)16-8-3-2-6-14(16)19/h2-8,24H,9-12H2,1H3. The summed E-state index contributed by atoms with van der Waals surface area (Å²) in [6.07, 6.45) is 0. The fraction of sp³-hybridized carbons (Fsp3) is 0.278. The molecule has 0 atom stereocenters. The van der Waals surface area contributed by atoms with Crippen molar-refractivity contribution in [1.29, 1.82) is 0 Å². The number of oxime groups is 1. The van der Waals surface area contributed by atoms with E-state index in [0.717, 1.165) is 24.3 Å². The second-order valence-corrected chi connectivity index (χ2v) is 6.19. The van der Waals surface area contributed by atoms with Crippen LogP contribution in [0.5, 0.6) is 0 Å². The Hall–Kier alpha value is -2.27. The molecule has 0 amide bonds. The quantitative estimate of drug-likeness (QED) is 0.389. The van der Waals surface area contributed by atoms with Crippen molar-refractivity contribution in [2.75, 3.05) is 31.1 Å². The number of aryl methyl sites for hydroxylation is 1. The van der Waals surface area contributed by atoms with Gasteiger partial charge in [-0.15, -0.1) is 0 Å². The monoisotopic (exact) mass is 347 g/mol. The maximum absolute atomic E-state index is 14.2. The number of benzene rings is 2. The molecule has 0 saturated carbocycles. The summed E-state index contributed by atoms with van der Waals surface area (Å²) in [5.41, 5.74) is 2.09. The lowest BCUT2D eigenvalue weighted by molar-refractivity contribution is 0.295. The van der Waals surface area contributed by atoms with E-state index < -0.39 is 0 Å². The molecule has 24 heavy (non-hydrogen) atoms. The van der Waals surface area contributed by atoms with Gasteiger partial charge in [-0.3, -0.25) is 0 Å². The zero-order chi connectivity index (χ0) is 17.1. The van der Waals surface area contributed by atoms with Gasteiger partial charge in [-0.2, -0.15) is 0 Å². The van der Waals surface area contributed by atoms with E-state index in [0.29, 0.717) is 23.7 Å². The van der Waals surface area contributed by atoms with Crippen LogP contribution in [-0.2, 0) is 0 Å². The van der Waals surface area contributed by atoms with Gasteiger partial charge in [0, 0.05) is 26.2 Å². The van der Waals surface area contributed by atoms with Gasteiger partial charge in [-0.05, 0) is 30.7 Å². The first-order valence-electron chi connectivity index (χ1n) is 7.84. The number of rotatable bonds is 2. The predicted octanol–water partition coefficient (Wildman–Crippen LogP) is 3.75. The Labute approximate surface area is 145 Å². The maximum Gasteiger partial charge on any atom is 0.178 e. The van der Waals surface area contributed by atoms with Gasteiger partial charge in [0.25, 0.3) is 0 Å². The SMILES string of the molecule is Cc1cccc(F)c1C(=NO)N1CCN(c2ccccc2Cl)CC1. The predicted molar refractivity (Wildman–Crippen MR) is 94.7 cm³/mol. The lowest BCUT2D eigenvalue weighted by Gasteiger charge is -2.37. The third-order valence-corrected chi connectivity index (χ3v) is 4.63. The Kier molecular flexibility index (Phi) is 4.90. The van der Waals surface area contributed by atoms with E-state index in [-0.39, 0.29) is 11.7 Å². The van der Waals surface area contributed by atoms with Gasteiger partial charge in [0.15, 0.2) is 5.84 Å². The zero-order valence-corrected chi connectivity index (χ0v) is 14.2. The topological polar surface area (TPSA) is 39.1 Å². The van der Waals surface area contributed by atoms with Crippen LogP contribution in [0.2, 0.25) is 5.02 Å².